The number of carbonyl (C=O) groups is 1. The lowest BCUT2D eigenvalue weighted by Crippen LogP contribution is -2.10. The predicted molar refractivity (Wildman–Crippen MR) is 63.6 cm³/mol. The number of esters is 1. The summed E-state index contributed by atoms with van der Waals surface area (Å²) in [5.74, 6) is -1.39. The number of hydrogen-bond donors (Lipinski definition) is 1. The van der Waals surface area contributed by atoms with Gasteiger partial charge in [0.15, 0.2) is 0 Å². The molecule has 1 N–H and O–H groups in total. The Kier molecular flexibility index (Phi) is 3.69. The Morgan fingerprint density at radius 2 is 2.05 bits per heavy atom. The van der Waals surface area contributed by atoms with Gasteiger partial charge in [0.1, 0.15) is 11.5 Å². The van der Waals surface area contributed by atoms with Gasteiger partial charge < -0.3 is 9.72 Å². The van der Waals surface area contributed by atoms with Gasteiger partial charge in [-0.15, -0.1) is 0 Å². The van der Waals surface area contributed by atoms with Gasteiger partial charge in [0.05, 0.1) is 12.6 Å². The van der Waals surface area contributed by atoms with Crippen molar-refractivity contribution in [1.82, 2.24) is 4.98 Å². The third-order valence-electron chi connectivity index (χ3n) is 2.98. The molecule has 0 unspecified atom stereocenters. The van der Waals surface area contributed by atoms with E-state index in [0.29, 0.717) is 0 Å². The molecule has 0 aliphatic rings. The second kappa shape index (κ2) is 5.15. The first-order chi connectivity index (χ1) is 9.34. The lowest BCUT2D eigenvalue weighted by molar-refractivity contribution is -0.143. The van der Waals surface area contributed by atoms with Gasteiger partial charge in [-0.3, -0.25) is 4.79 Å². The molecule has 0 aliphatic heterocycles. The number of alkyl halides is 3. The van der Waals surface area contributed by atoms with Gasteiger partial charge in [-0.2, -0.15) is 13.2 Å². The molecule has 0 amide bonds. The standard InChI is InChI=1S/C13H11F4NO2/c1-20-10(19)6-5-8-7-3-2-4-9(14)11(7)18-12(8)13(15,16)17/h2-4,18H,5-6H2,1H3. The number of halogens is 4. The molecule has 2 rings (SSSR count). The van der Waals surface area contributed by atoms with E-state index in [1.165, 1.54) is 12.1 Å². The summed E-state index contributed by atoms with van der Waals surface area (Å²) < 4.78 is 56.8. The first-order valence-corrected chi connectivity index (χ1v) is 5.77. The number of para-hydroxylation sites is 1. The van der Waals surface area contributed by atoms with Crippen molar-refractivity contribution in [2.45, 2.75) is 19.0 Å². The summed E-state index contributed by atoms with van der Waals surface area (Å²) >= 11 is 0. The van der Waals surface area contributed by atoms with Crippen LogP contribution in [0.15, 0.2) is 18.2 Å². The monoisotopic (exact) mass is 289 g/mol. The maximum atomic E-state index is 13.5. The fourth-order valence-corrected chi connectivity index (χ4v) is 2.07. The molecule has 7 heteroatoms. The van der Waals surface area contributed by atoms with E-state index < -0.39 is 23.7 Å². The summed E-state index contributed by atoms with van der Waals surface area (Å²) in [7, 11) is 1.15. The minimum Gasteiger partial charge on any atom is -0.469 e. The van der Waals surface area contributed by atoms with Crippen LogP contribution >= 0.6 is 0 Å². The molecule has 2 aromatic rings. The van der Waals surface area contributed by atoms with Crippen LogP contribution in [-0.4, -0.2) is 18.1 Å². The molecule has 1 aromatic heterocycles. The van der Waals surface area contributed by atoms with Gasteiger partial charge in [0, 0.05) is 11.8 Å². The highest BCUT2D eigenvalue weighted by molar-refractivity contribution is 5.86. The molecule has 0 aliphatic carbocycles. The van der Waals surface area contributed by atoms with Crippen molar-refractivity contribution in [3.63, 3.8) is 0 Å². The number of aromatic amines is 1. The van der Waals surface area contributed by atoms with E-state index in [4.69, 9.17) is 0 Å². The largest absolute Gasteiger partial charge is 0.469 e. The minimum atomic E-state index is -4.64. The van der Waals surface area contributed by atoms with Crippen LogP contribution in [0.3, 0.4) is 0 Å². The zero-order valence-electron chi connectivity index (χ0n) is 10.5. The zero-order valence-corrected chi connectivity index (χ0v) is 10.5. The number of H-pyrrole nitrogens is 1. The number of ether oxygens (including phenoxy) is 1. The third kappa shape index (κ3) is 2.61. The first kappa shape index (κ1) is 14.4. The van der Waals surface area contributed by atoms with Gasteiger partial charge in [0.25, 0.3) is 0 Å². The van der Waals surface area contributed by atoms with E-state index in [2.05, 4.69) is 9.72 Å². The minimum absolute atomic E-state index is 0.126. The van der Waals surface area contributed by atoms with Crippen molar-refractivity contribution in [2.24, 2.45) is 0 Å². The molecular weight excluding hydrogens is 278 g/mol. The van der Waals surface area contributed by atoms with E-state index in [1.807, 2.05) is 0 Å². The predicted octanol–water partition coefficient (Wildman–Crippen LogP) is 3.43. The Balaban J connectivity index is 2.53. The van der Waals surface area contributed by atoms with E-state index in [9.17, 15) is 22.4 Å². The second-order valence-corrected chi connectivity index (χ2v) is 4.21. The number of carbonyl (C=O) groups excluding carboxylic acids is 1. The van der Waals surface area contributed by atoms with Crippen LogP contribution in [0.1, 0.15) is 17.7 Å². The molecule has 1 aromatic carbocycles. The molecule has 3 nitrogen and oxygen atoms in total. The van der Waals surface area contributed by atoms with E-state index >= 15 is 0 Å². The molecule has 0 saturated heterocycles. The van der Waals surface area contributed by atoms with Gasteiger partial charge in [-0.05, 0) is 18.1 Å². The third-order valence-corrected chi connectivity index (χ3v) is 2.98. The average molecular weight is 289 g/mol. The highest BCUT2D eigenvalue weighted by atomic mass is 19.4. The van der Waals surface area contributed by atoms with Gasteiger partial charge in [-0.1, -0.05) is 12.1 Å². The molecular formula is C13H11F4NO2. The number of aromatic nitrogens is 1. The van der Waals surface area contributed by atoms with Crippen LogP contribution in [0.2, 0.25) is 0 Å². The highest BCUT2D eigenvalue weighted by Crippen LogP contribution is 2.36. The molecule has 0 bridgehead atoms. The van der Waals surface area contributed by atoms with E-state index in [1.54, 1.807) is 0 Å². The van der Waals surface area contributed by atoms with Gasteiger partial charge >= 0.3 is 12.1 Å². The van der Waals surface area contributed by atoms with Crippen molar-refractivity contribution in [2.75, 3.05) is 7.11 Å². The maximum Gasteiger partial charge on any atom is 0.431 e. The van der Waals surface area contributed by atoms with Gasteiger partial charge in [-0.25, -0.2) is 4.39 Å². The number of nitrogens with one attached hydrogen (secondary N) is 1. The number of hydrogen-bond acceptors (Lipinski definition) is 2. The van der Waals surface area contributed by atoms with Crippen molar-refractivity contribution in [1.29, 1.82) is 0 Å². The van der Waals surface area contributed by atoms with Crippen molar-refractivity contribution in [3.8, 4) is 0 Å². The molecule has 0 fully saturated rings. The molecule has 108 valence electrons. The van der Waals surface area contributed by atoms with E-state index in [0.717, 1.165) is 13.2 Å². The van der Waals surface area contributed by atoms with Crippen LogP contribution < -0.4 is 0 Å². The summed E-state index contributed by atoms with van der Waals surface area (Å²) in [5.41, 5.74) is -1.36. The first-order valence-electron chi connectivity index (χ1n) is 5.77. The van der Waals surface area contributed by atoms with E-state index in [-0.39, 0.29) is 29.3 Å². The van der Waals surface area contributed by atoms with Gasteiger partial charge in [0.2, 0.25) is 0 Å². The molecule has 0 saturated carbocycles. The van der Waals surface area contributed by atoms with Crippen LogP contribution in [-0.2, 0) is 22.1 Å². The van der Waals surface area contributed by atoms with Crippen LogP contribution in [0.25, 0.3) is 10.9 Å². The summed E-state index contributed by atoms with van der Waals surface area (Å²) in [6.45, 7) is 0. The Morgan fingerprint density at radius 1 is 1.35 bits per heavy atom. The number of benzene rings is 1. The summed E-state index contributed by atoms with van der Waals surface area (Å²) in [4.78, 5) is 13.1. The normalized spacial score (nSPS) is 11.8. The highest BCUT2D eigenvalue weighted by Gasteiger charge is 2.36. The summed E-state index contributed by atoms with van der Waals surface area (Å²) in [6, 6.07) is 3.78. The summed E-state index contributed by atoms with van der Waals surface area (Å²) in [6.07, 6.45) is -5.02. The second-order valence-electron chi connectivity index (χ2n) is 4.21. The lowest BCUT2D eigenvalue weighted by Gasteiger charge is -2.07. The van der Waals surface area contributed by atoms with Crippen molar-refractivity contribution >= 4 is 16.9 Å². The Hall–Kier alpha value is -2.05. The molecule has 20 heavy (non-hydrogen) atoms. The molecule has 0 radical (unpaired) electrons. The van der Waals surface area contributed by atoms with Crippen LogP contribution in [0.4, 0.5) is 17.6 Å². The van der Waals surface area contributed by atoms with Crippen molar-refractivity contribution < 1.29 is 27.1 Å². The van der Waals surface area contributed by atoms with Crippen LogP contribution in [0, 0.1) is 5.82 Å². The maximum absolute atomic E-state index is 13.5. The Bertz CT molecular complexity index is 646. The molecule has 0 atom stereocenters. The van der Waals surface area contributed by atoms with Crippen LogP contribution in [0.5, 0.6) is 0 Å². The fourth-order valence-electron chi connectivity index (χ4n) is 2.07. The number of fused-ring (bicyclic) bond motifs is 1. The number of rotatable bonds is 3. The molecule has 0 spiro atoms. The molecule has 1 heterocycles. The van der Waals surface area contributed by atoms with Crippen molar-refractivity contribution in [3.05, 3.63) is 35.3 Å². The quantitative estimate of drug-likeness (QED) is 0.695. The topological polar surface area (TPSA) is 42.1 Å². The number of aryl methyl sites for hydroxylation is 1. The summed E-state index contributed by atoms with van der Waals surface area (Å²) in [5, 5.41) is 0.126. The Morgan fingerprint density at radius 3 is 2.65 bits per heavy atom. The lowest BCUT2D eigenvalue weighted by atomic mass is 10.0. The average Bonchev–Trinajstić information content (AvgIpc) is 2.76. The zero-order chi connectivity index (χ0) is 14.9. The SMILES string of the molecule is COC(=O)CCc1c(C(F)(F)F)[nH]c2c(F)cccc12. The fraction of sp³-hybridized carbons (Fsp3) is 0.308. The number of methoxy groups -OCH3 is 1. The Labute approximate surface area is 111 Å². The smallest absolute Gasteiger partial charge is 0.431 e.